The summed E-state index contributed by atoms with van der Waals surface area (Å²) in [5, 5.41) is 0.667. The van der Waals surface area contributed by atoms with Crippen molar-refractivity contribution in [2.24, 2.45) is 0 Å². The SMILES string of the molecule is [2H]C1([2H])Oc2ccc([C@]3([2H])c4[nH]c5ccccc5c4C[C@@H]4C(=O)N(C([2H])([2H])[2H])C([2H])([2H])C(=O)N43)cc2O1. The highest BCUT2D eigenvalue weighted by atomic mass is 16.7. The van der Waals surface area contributed by atoms with Gasteiger partial charge in [-0.1, -0.05) is 24.3 Å². The van der Waals surface area contributed by atoms with Gasteiger partial charge in [-0.25, -0.2) is 0 Å². The van der Waals surface area contributed by atoms with Gasteiger partial charge in [0.05, 0.1) is 16.6 Å². The van der Waals surface area contributed by atoms with Crippen LogP contribution in [0, 0.1) is 0 Å². The van der Waals surface area contributed by atoms with E-state index >= 15 is 0 Å². The molecule has 1 fully saturated rings. The largest absolute Gasteiger partial charge is 0.454 e. The zero-order valence-electron chi connectivity index (χ0n) is 22.9. The molecule has 1 aromatic heterocycles. The number of aromatic amines is 1. The van der Waals surface area contributed by atoms with E-state index in [9.17, 15) is 11.0 Å². The lowest BCUT2D eigenvalue weighted by Gasteiger charge is -2.46. The van der Waals surface area contributed by atoms with Gasteiger partial charge in [0.1, 0.15) is 8.78 Å². The molecule has 0 unspecified atom stereocenters. The molecule has 7 nitrogen and oxygen atoms in total. The first-order valence-corrected chi connectivity index (χ1v) is 8.97. The lowest BCUT2D eigenvalue weighted by molar-refractivity contribution is -0.157. The number of likely N-dealkylation sites (N-methyl/N-ethyl adjacent to an activating group) is 1. The van der Waals surface area contributed by atoms with E-state index in [1.807, 2.05) is 0 Å². The third kappa shape index (κ3) is 2.24. The molecule has 0 aliphatic carbocycles. The van der Waals surface area contributed by atoms with E-state index in [-0.39, 0.29) is 34.1 Å². The molecule has 3 aromatic rings. The van der Waals surface area contributed by atoms with E-state index in [1.165, 1.54) is 18.2 Å². The summed E-state index contributed by atoms with van der Waals surface area (Å²) in [6.07, 6.45) is -0.139. The Balaban J connectivity index is 1.62. The fraction of sp³-hybridized carbons (Fsp3) is 0.273. The highest BCUT2D eigenvalue weighted by Gasteiger charge is 2.47. The third-order valence-electron chi connectivity index (χ3n) is 5.45. The number of carbonyl (C=O) groups excluding carboxylic acids is 2. The molecule has 4 heterocycles. The average molecular weight is 397 g/mol. The van der Waals surface area contributed by atoms with Crippen LogP contribution < -0.4 is 9.47 Å². The molecule has 7 heteroatoms. The van der Waals surface area contributed by atoms with Crippen molar-refractivity contribution in [1.29, 1.82) is 0 Å². The molecule has 0 bridgehead atoms. The van der Waals surface area contributed by atoms with Gasteiger partial charge in [0.25, 0.3) is 0 Å². The molecule has 3 aliphatic rings. The minimum atomic E-state index is -3.26. The quantitative estimate of drug-likeness (QED) is 0.683. The zero-order valence-corrected chi connectivity index (χ0v) is 14.9. The van der Waals surface area contributed by atoms with Gasteiger partial charge >= 0.3 is 0 Å². The molecule has 2 aromatic carbocycles. The second kappa shape index (κ2) is 5.76. The van der Waals surface area contributed by atoms with Gasteiger partial charge in [-0.05, 0) is 29.3 Å². The van der Waals surface area contributed by atoms with Crippen LogP contribution in [0.1, 0.15) is 33.8 Å². The number of benzene rings is 2. The molecule has 0 radical (unpaired) electrons. The van der Waals surface area contributed by atoms with Gasteiger partial charge in [0, 0.05) is 34.1 Å². The van der Waals surface area contributed by atoms with Crippen LogP contribution in [0.15, 0.2) is 42.5 Å². The summed E-state index contributed by atoms with van der Waals surface area (Å²) in [6.45, 7) is -8.95. The Morgan fingerprint density at radius 1 is 1.21 bits per heavy atom. The predicted octanol–water partition coefficient (Wildman–Crippen LogP) is 2.21. The minimum Gasteiger partial charge on any atom is -0.454 e. The van der Waals surface area contributed by atoms with Crippen LogP contribution in [0.3, 0.4) is 0 Å². The van der Waals surface area contributed by atoms with Crippen molar-refractivity contribution < 1.29 is 30.0 Å². The highest BCUT2D eigenvalue weighted by Crippen LogP contribution is 2.44. The average Bonchev–Trinajstić information content (AvgIpc) is 3.32. The number of amides is 2. The first-order chi connectivity index (χ1) is 17.2. The smallest absolute Gasteiger partial charge is 0.245 e. The van der Waals surface area contributed by atoms with Gasteiger partial charge in [-0.15, -0.1) is 0 Å². The van der Waals surface area contributed by atoms with Gasteiger partial charge < -0.3 is 24.3 Å². The standard InChI is InChI=1S/C22H19N3O4/c1-24-10-19(26)25-16(22(24)27)9-14-13-4-2-3-5-15(13)23-20(14)21(25)12-6-7-17-18(8-12)29-11-28-17/h2-8,16,21,23H,9-11H2,1H3/t16-,21-/m1/s1/i1D3,10D2,11D2,21D. The maximum Gasteiger partial charge on any atom is 0.245 e. The lowest BCUT2D eigenvalue weighted by atomic mass is 9.86. The number of hydrogen-bond donors (Lipinski definition) is 1. The zero-order chi connectivity index (χ0) is 26.7. The fourth-order valence-electron chi connectivity index (χ4n) is 4.18. The molecule has 2 atom stereocenters. The Morgan fingerprint density at radius 2 is 2.07 bits per heavy atom. The van der Waals surface area contributed by atoms with Crippen molar-refractivity contribution >= 4 is 22.7 Å². The fourth-order valence-corrected chi connectivity index (χ4v) is 4.18. The van der Waals surface area contributed by atoms with Crippen molar-refractivity contribution in [3.8, 4) is 11.5 Å². The molecular formula is C22H19N3O4. The van der Waals surface area contributed by atoms with Crippen LogP contribution in [-0.4, -0.2) is 52.9 Å². The number of nitrogens with zero attached hydrogens (tertiary/aromatic N) is 2. The Labute approximate surface area is 178 Å². The van der Waals surface area contributed by atoms with Crippen molar-refractivity contribution in [2.75, 3.05) is 20.2 Å². The van der Waals surface area contributed by atoms with Crippen LogP contribution in [0.25, 0.3) is 10.9 Å². The van der Waals surface area contributed by atoms with Crippen molar-refractivity contribution in [1.82, 2.24) is 14.8 Å². The Hall–Kier alpha value is -3.48. The maximum absolute atomic E-state index is 13.7. The van der Waals surface area contributed by atoms with E-state index in [0.717, 1.165) is 4.90 Å². The number of nitrogens with one attached hydrogen (secondary N) is 1. The predicted molar refractivity (Wildman–Crippen MR) is 105 cm³/mol. The Kier molecular flexibility index (Phi) is 2.05. The number of rotatable bonds is 1. The summed E-state index contributed by atoms with van der Waals surface area (Å²) < 4.78 is 75.3. The minimum absolute atomic E-state index is 0.0159. The van der Waals surface area contributed by atoms with E-state index in [4.69, 9.17) is 19.1 Å². The molecule has 3 aliphatic heterocycles. The number of para-hydroxylation sites is 1. The summed E-state index contributed by atoms with van der Waals surface area (Å²) in [6, 6.07) is 7.38. The summed E-state index contributed by atoms with van der Waals surface area (Å²) in [5.41, 5.74) is 1.38. The maximum atomic E-state index is 13.7. The van der Waals surface area contributed by atoms with E-state index in [1.54, 1.807) is 24.3 Å². The molecule has 6 rings (SSSR count). The van der Waals surface area contributed by atoms with Gasteiger partial charge in [-0.3, -0.25) is 9.59 Å². The number of aromatic nitrogens is 1. The van der Waals surface area contributed by atoms with E-state index in [0.29, 0.717) is 16.5 Å². The first kappa shape index (κ1) is 10.3. The Bertz CT molecular complexity index is 1500. The van der Waals surface area contributed by atoms with Crippen molar-refractivity contribution in [2.45, 2.75) is 18.5 Å². The lowest BCUT2D eigenvalue weighted by Crippen LogP contribution is -2.62. The Morgan fingerprint density at radius 3 is 2.97 bits per heavy atom. The van der Waals surface area contributed by atoms with Crippen molar-refractivity contribution in [3.63, 3.8) is 0 Å². The molecule has 2 amide bonds. The number of piperazine rings is 1. The van der Waals surface area contributed by atoms with E-state index in [2.05, 4.69) is 4.98 Å². The van der Waals surface area contributed by atoms with Crippen molar-refractivity contribution in [3.05, 3.63) is 59.3 Å². The summed E-state index contributed by atoms with van der Waals surface area (Å²) in [5.74, 6) is -2.49. The van der Waals surface area contributed by atoms with Crippen LogP contribution in [0.5, 0.6) is 11.5 Å². The number of carbonyl (C=O) groups is 2. The summed E-state index contributed by atoms with van der Waals surface area (Å²) >= 11 is 0. The van der Waals surface area contributed by atoms with E-state index < -0.39 is 44.1 Å². The number of fused-ring (bicyclic) bond motifs is 5. The molecule has 29 heavy (non-hydrogen) atoms. The first-order valence-electron chi connectivity index (χ1n) is 13.0. The normalized spacial score (nSPS) is 33.3. The summed E-state index contributed by atoms with van der Waals surface area (Å²) in [7, 11) is 0. The number of ether oxygens (including phenoxy) is 2. The van der Waals surface area contributed by atoms with Crippen LogP contribution >= 0.6 is 0 Å². The van der Waals surface area contributed by atoms with Crippen LogP contribution in [-0.2, 0) is 16.0 Å². The third-order valence-corrected chi connectivity index (χ3v) is 5.45. The number of H-pyrrole nitrogens is 1. The van der Waals surface area contributed by atoms with Crippen LogP contribution in [0.2, 0.25) is 0 Å². The van der Waals surface area contributed by atoms with Crippen LogP contribution in [0.4, 0.5) is 0 Å². The highest BCUT2D eigenvalue weighted by molar-refractivity contribution is 5.97. The molecule has 0 spiro atoms. The molecule has 146 valence electrons. The number of hydrogen-bond acceptors (Lipinski definition) is 4. The monoisotopic (exact) mass is 397 g/mol. The van der Waals surface area contributed by atoms with Gasteiger partial charge in [0.2, 0.25) is 18.6 Å². The molecule has 1 saturated heterocycles. The molecule has 1 N–H and O–H groups in total. The molecule has 0 saturated carbocycles. The van der Waals surface area contributed by atoms with Gasteiger partial charge in [-0.2, -0.15) is 0 Å². The topological polar surface area (TPSA) is 74.9 Å². The summed E-state index contributed by atoms with van der Waals surface area (Å²) in [4.78, 5) is 31.2. The second-order valence-corrected chi connectivity index (χ2v) is 7.00. The van der Waals surface area contributed by atoms with Gasteiger partial charge in [0.15, 0.2) is 11.5 Å². The second-order valence-electron chi connectivity index (χ2n) is 7.00. The molecular weight excluding hydrogens is 370 g/mol.